The van der Waals surface area contributed by atoms with Gasteiger partial charge in [-0.05, 0) is 60.7 Å². The molecule has 32 heavy (non-hydrogen) atoms. The van der Waals surface area contributed by atoms with E-state index in [-0.39, 0.29) is 0 Å². The lowest BCUT2D eigenvalue weighted by Crippen LogP contribution is -1.83. The van der Waals surface area contributed by atoms with E-state index in [1.807, 2.05) is 85.0 Å². The standard InChI is InChI=1S/C26H14N6/c1-5-19-20-6-2-16(28-20)14-18-4-8-22(30-18)24-10-12-26(32-24)25-11-9-23(31-25)21-7-3-17(29-21)13-15(1)27-19/h1-14H/q-2. The van der Waals surface area contributed by atoms with Crippen LogP contribution in [0.5, 0.6) is 0 Å². The van der Waals surface area contributed by atoms with Crippen molar-refractivity contribution in [1.82, 2.24) is 29.9 Å². The molecule has 4 aliphatic rings. The van der Waals surface area contributed by atoms with Gasteiger partial charge < -0.3 is 9.97 Å². The van der Waals surface area contributed by atoms with E-state index in [2.05, 4.69) is 0 Å². The van der Waals surface area contributed by atoms with E-state index in [1.54, 1.807) is 0 Å². The van der Waals surface area contributed by atoms with E-state index in [9.17, 15) is 0 Å². The monoisotopic (exact) mass is 410 g/mol. The van der Waals surface area contributed by atoms with Gasteiger partial charge in [-0.3, -0.25) is 9.97 Å². The lowest BCUT2D eigenvalue weighted by atomic mass is 10.3. The molecule has 0 aliphatic carbocycles. The van der Waals surface area contributed by atoms with Crippen molar-refractivity contribution in [3.05, 3.63) is 81.9 Å². The molecule has 0 fully saturated rings. The third-order valence-corrected chi connectivity index (χ3v) is 5.57. The topological polar surface area (TPSA) is 79.8 Å². The van der Waals surface area contributed by atoms with Crippen molar-refractivity contribution in [1.29, 1.82) is 0 Å². The van der Waals surface area contributed by atoms with Gasteiger partial charge in [0.15, 0.2) is 0 Å². The first-order chi connectivity index (χ1) is 15.8. The number of hydrogen-bond acceptors (Lipinski definition) is 4. The first-order valence-electron chi connectivity index (χ1n) is 10.3. The molecule has 0 N–H and O–H groups in total. The highest BCUT2D eigenvalue weighted by molar-refractivity contribution is 5.87. The van der Waals surface area contributed by atoms with E-state index in [4.69, 9.17) is 29.9 Å². The largest absolute Gasteiger partial charge is 0.657 e. The Morgan fingerprint density at radius 3 is 1.16 bits per heavy atom. The molecular formula is C26H14N6-2. The van der Waals surface area contributed by atoms with Crippen LogP contribution in [0.1, 0.15) is 45.6 Å². The van der Waals surface area contributed by atoms with Gasteiger partial charge in [-0.2, -0.15) is 11.0 Å². The van der Waals surface area contributed by atoms with Crippen LogP contribution in [0.2, 0.25) is 0 Å². The van der Waals surface area contributed by atoms with Crippen LogP contribution in [0.3, 0.4) is 0 Å². The predicted molar refractivity (Wildman–Crippen MR) is 128 cm³/mol. The highest BCUT2D eigenvalue weighted by Crippen LogP contribution is 2.23. The van der Waals surface area contributed by atoms with E-state index in [0.29, 0.717) is 0 Å². The number of fused-ring (bicyclic) bond motifs is 16. The van der Waals surface area contributed by atoms with E-state index in [1.165, 1.54) is 0 Å². The first kappa shape index (κ1) is 17.1. The Labute approximate surface area is 182 Å². The lowest BCUT2D eigenvalue weighted by Gasteiger charge is -2.05. The molecule has 0 aromatic carbocycles. The fourth-order valence-electron chi connectivity index (χ4n) is 4.00. The van der Waals surface area contributed by atoms with Gasteiger partial charge in [-0.15, -0.1) is 11.0 Å². The highest BCUT2D eigenvalue weighted by Gasteiger charge is 2.08. The fraction of sp³-hybridized carbons (Fsp3) is 0. The van der Waals surface area contributed by atoms with Crippen LogP contribution in [0.15, 0.2) is 36.4 Å². The fourth-order valence-corrected chi connectivity index (χ4v) is 4.00. The van der Waals surface area contributed by atoms with Gasteiger partial charge in [0.1, 0.15) is 0 Å². The normalized spacial score (nSPS) is 13.8. The van der Waals surface area contributed by atoms with Crippen LogP contribution in [0, 0.1) is 0 Å². The molecule has 7 rings (SSSR count). The molecule has 7 heterocycles. The Morgan fingerprint density at radius 1 is 0.375 bits per heavy atom. The maximum absolute atomic E-state index is 4.75. The Kier molecular flexibility index (Phi) is 3.46. The number of hydrogen-bond donors (Lipinski definition) is 0. The zero-order valence-electron chi connectivity index (χ0n) is 16.8. The summed E-state index contributed by atoms with van der Waals surface area (Å²) < 4.78 is 0. The Morgan fingerprint density at radius 2 is 0.719 bits per heavy atom. The molecule has 0 radical (unpaired) electrons. The third kappa shape index (κ3) is 2.81. The molecule has 150 valence electrons. The van der Waals surface area contributed by atoms with E-state index >= 15 is 0 Å². The second-order valence-corrected chi connectivity index (χ2v) is 7.74. The van der Waals surface area contributed by atoms with Crippen molar-refractivity contribution in [2.45, 2.75) is 0 Å². The van der Waals surface area contributed by atoms with Crippen molar-refractivity contribution in [2.24, 2.45) is 0 Å². The molecule has 0 saturated carbocycles. The molecule has 0 amide bonds. The second-order valence-electron chi connectivity index (χ2n) is 7.74. The predicted octanol–water partition coefficient (Wildman–Crippen LogP) is 4.80. The van der Waals surface area contributed by atoms with Crippen LogP contribution in [0.4, 0.5) is 0 Å². The average Bonchev–Trinajstić information content (AvgIpc) is 3.62. The summed E-state index contributed by atoms with van der Waals surface area (Å²) in [5.41, 5.74) is 10.0. The molecular weight excluding hydrogens is 396 g/mol. The summed E-state index contributed by atoms with van der Waals surface area (Å²) >= 11 is 0. The summed E-state index contributed by atoms with van der Waals surface area (Å²) in [4.78, 5) is 28.3. The van der Waals surface area contributed by atoms with Gasteiger partial charge in [-0.1, -0.05) is 24.3 Å². The summed E-state index contributed by atoms with van der Waals surface area (Å²) in [6, 6.07) is 11.8. The summed E-state index contributed by atoms with van der Waals surface area (Å²) in [5.74, 6) is 0. The third-order valence-electron chi connectivity index (χ3n) is 5.57. The van der Waals surface area contributed by atoms with Crippen molar-refractivity contribution in [3.8, 4) is 0 Å². The first-order valence-corrected chi connectivity index (χ1v) is 10.3. The number of aromatic nitrogens is 6. The zero-order chi connectivity index (χ0) is 21.1. The Balaban J connectivity index is 1.54. The van der Waals surface area contributed by atoms with Crippen LogP contribution < -0.4 is 9.97 Å². The maximum Gasteiger partial charge on any atom is 0.0894 e. The molecule has 0 atom stereocenters. The minimum Gasteiger partial charge on any atom is -0.657 e. The molecule has 6 heteroatoms. The van der Waals surface area contributed by atoms with Crippen molar-refractivity contribution in [2.75, 3.05) is 0 Å². The number of rotatable bonds is 0. The number of nitrogens with zero attached hydrogens (tertiary/aromatic N) is 6. The highest BCUT2D eigenvalue weighted by atomic mass is 14.8. The smallest absolute Gasteiger partial charge is 0.0894 e. The minimum atomic E-state index is 0.823. The molecule has 4 aliphatic heterocycles. The second kappa shape index (κ2) is 6.46. The average molecular weight is 410 g/mol. The molecule has 3 aromatic heterocycles. The van der Waals surface area contributed by atoms with Gasteiger partial charge in [0.05, 0.1) is 34.2 Å². The van der Waals surface area contributed by atoms with Gasteiger partial charge in [-0.25, -0.2) is 9.97 Å². The zero-order valence-corrected chi connectivity index (χ0v) is 16.8. The molecule has 0 spiro atoms. The summed E-state index contributed by atoms with van der Waals surface area (Å²) in [6.07, 6.45) is 15.8. The van der Waals surface area contributed by atoms with Gasteiger partial charge in [0.2, 0.25) is 0 Å². The maximum atomic E-state index is 4.75. The quantitative estimate of drug-likeness (QED) is 0.357. The van der Waals surface area contributed by atoms with Gasteiger partial charge in [0, 0.05) is 11.4 Å². The van der Waals surface area contributed by atoms with Crippen LogP contribution in [-0.4, -0.2) is 19.9 Å². The Hall–Kier alpha value is -4.58. The summed E-state index contributed by atoms with van der Waals surface area (Å²) in [5, 5.41) is 0. The van der Waals surface area contributed by atoms with Crippen molar-refractivity contribution in [3.63, 3.8) is 0 Å². The van der Waals surface area contributed by atoms with E-state index < -0.39 is 0 Å². The van der Waals surface area contributed by atoms with Crippen LogP contribution in [-0.2, 0) is 0 Å². The molecule has 6 nitrogen and oxygen atoms in total. The molecule has 0 unspecified atom stereocenters. The van der Waals surface area contributed by atoms with Crippen LogP contribution >= 0.6 is 0 Å². The minimum absolute atomic E-state index is 0.823. The Bertz CT molecular complexity index is 1550. The summed E-state index contributed by atoms with van der Waals surface area (Å²) in [7, 11) is 0. The van der Waals surface area contributed by atoms with Gasteiger partial charge in [0.25, 0.3) is 0 Å². The molecule has 12 bridgehead atoms. The van der Waals surface area contributed by atoms with Crippen molar-refractivity contribution >= 4 is 70.7 Å². The molecule has 0 saturated heterocycles. The summed E-state index contributed by atoms with van der Waals surface area (Å²) in [6.45, 7) is 0. The van der Waals surface area contributed by atoms with E-state index in [0.717, 1.165) is 67.6 Å². The SMILES string of the molecule is C1=Cc2nc1cc1nc(c3ccc([n-]3)c3ccc([n-]3)c3nc(cc4nc2C=C4)C=C3)C=C1. The molecule has 3 aromatic rings. The van der Waals surface area contributed by atoms with Crippen LogP contribution in [0.25, 0.3) is 70.7 Å². The van der Waals surface area contributed by atoms with Crippen molar-refractivity contribution < 1.29 is 0 Å². The lowest BCUT2D eigenvalue weighted by molar-refractivity contribution is 1.22. The van der Waals surface area contributed by atoms with Gasteiger partial charge >= 0.3 is 0 Å².